The maximum Gasteiger partial charge on any atom is 0.0545 e. The van der Waals surface area contributed by atoms with Crippen molar-refractivity contribution in [1.29, 1.82) is 0 Å². The summed E-state index contributed by atoms with van der Waals surface area (Å²) in [4.78, 5) is 2.32. The number of ether oxygens (including phenoxy) is 1. The van der Waals surface area contributed by atoms with E-state index < -0.39 is 0 Å². The molecule has 126 valence electrons. The van der Waals surface area contributed by atoms with Crippen LogP contribution in [0.3, 0.4) is 0 Å². The molecule has 3 rings (SSSR count). The standard InChI is InChI=1S/C9H19N.C7H13NO.C2H6/c1-4-9(6-5-7-9)8-10(2)3;1-8-6-2-7(3-6)4-9-5-7;1-2/h4-8H2,1-3H3;6,8H,2-5H2,1H3;1-2H3. The summed E-state index contributed by atoms with van der Waals surface area (Å²) in [7, 11) is 6.39. The van der Waals surface area contributed by atoms with Crippen LogP contribution in [0.15, 0.2) is 0 Å². The minimum Gasteiger partial charge on any atom is -0.380 e. The Morgan fingerprint density at radius 3 is 1.90 bits per heavy atom. The van der Waals surface area contributed by atoms with Gasteiger partial charge < -0.3 is 15.0 Å². The lowest BCUT2D eigenvalue weighted by atomic mass is 9.64. The van der Waals surface area contributed by atoms with E-state index in [1.165, 1.54) is 45.1 Å². The summed E-state index contributed by atoms with van der Waals surface area (Å²) in [6, 6.07) is 0.786. The number of nitrogens with zero attached hydrogens (tertiary/aromatic N) is 1. The summed E-state index contributed by atoms with van der Waals surface area (Å²) in [5.74, 6) is 0. The predicted octanol–water partition coefficient (Wildman–Crippen LogP) is 3.54. The van der Waals surface area contributed by atoms with Crippen LogP contribution in [-0.4, -0.2) is 51.8 Å². The minimum absolute atomic E-state index is 0.633. The fraction of sp³-hybridized carbons (Fsp3) is 1.00. The fourth-order valence-corrected chi connectivity index (χ4v) is 3.79. The van der Waals surface area contributed by atoms with E-state index in [0.29, 0.717) is 10.8 Å². The molecule has 3 heteroatoms. The van der Waals surface area contributed by atoms with E-state index in [4.69, 9.17) is 4.74 Å². The highest BCUT2D eigenvalue weighted by Gasteiger charge is 2.49. The summed E-state index contributed by atoms with van der Waals surface area (Å²) in [5, 5.41) is 3.27. The summed E-state index contributed by atoms with van der Waals surface area (Å²) in [6.45, 7) is 9.66. The van der Waals surface area contributed by atoms with Gasteiger partial charge in [0.15, 0.2) is 0 Å². The molecule has 1 aliphatic heterocycles. The number of hydrogen-bond acceptors (Lipinski definition) is 3. The van der Waals surface area contributed by atoms with Crippen LogP contribution < -0.4 is 5.32 Å². The third-order valence-electron chi connectivity index (χ3n) is 5.40. The van der Waals surface area contributed by atoms with E-state index in [2.05, 4.69) is 31.2 Å². The van der Waals surface area contributed by atoms with Crippen LogP contribution >= 0.6 is 0 Å². The molecule has 1 heterocycles. The van der Waals surface area contributed by atoms with E-state index in [1.54, 1.807) is 0 Å². The van der Waals surface area contributed by atoms with Crippen LogP contribution in [0.4, 0.5) is 0 Å². The monoisotopic (exact) mass is 298 g/mol. The molecule has 0 bridgehead atoms. The molecule has 21 heavy (non-hydrogen) atoms. The summed E-state index contributed by atoms with van der Waals surface area (Å²) < 4.78 is 5.15. The Balaban J connectivity index is 0.000000188. The fourth-order valence-electron chi connectivity index (χ4n) is 3.79. The molecule has 0 aromatic rings. The molecule has 1 N–H and O–H groups in total. The van der Waals surface area contributed by atoms with Crippen molar-refractivity contribution in [3.63, 3.8) is 0 Å². The molecule has 2 saturated carbocycles. The molecule has 0 radical (unpaired) electrons. The molecule has 3 nitrogen and oxygen atoms in total. The number of hydrogen-bond donors (Lipinski definition) is 1. The van der Waals surface area contributed by atoms with Crippen LogP contribution in [0.1, 0.15) is 59.3 Å². The summed E-state index contributed by atoms with van der Waals surface area (Å²) in [5.41, 5.74) is 1.34. The Labute approximate surface area is 132 Å². The summed E-state index contributed by atoms with van der Waals surface area (Å²) in [6.07, 6.45) is 8.42. The molecule has 0 aromatic heterocycles. The van der Waals surface area contributed by atoms with Gasteiger partial charge in [0.25, 0.3) is 0 Å². The van der Waals surface area contributed by atoms with Gasteiger partial charge in [0.1, 0.15) is 0 Å². The van der Waals surface area contributed by atoms with Crippen LogP contribution in [0.2, 0.25) is 0 Å². The van der Waals surface area contributed by atoms with Gasteiger partial charge in [-0.3, -0.25) is 0 Å². The van der Waals surface area contributed by atoms with Gasteiger partial charge in [-0.1, -0.05) is 27.2 Å². The normalized spacial score (nSPS) is 24.7. The molecule has 0 aromatic carbocycles. The molecule has 3 aliphatic rings. The Kier molecular flexibility index (Phi) is 7.66. The molecule has 3 fully saturated rings. The Bertz CT molecular complexity index is 269. The smallest absolute Gasteiger partial charge is 0.0545 e. The Hall–Kier alpha value is -0.120. The van der Waals surface area contributed by atoms with E-state index >= 15 is 0 Å². The quantitative estimate of drug-likeness (QED) is 0.859. The first-order chi connectivity index (χ1) is 10.0. The van der Waals surface area contributed by atoms with Gasteiger partial charge in [-0.15, -0.1) is 0 Å². The second-order valence-electron chi connectivity index (χ2n) is 7.33. The van der Waals surface area contributed by atoms with Gasteiger partial charge in [-0.05, 0) is 58.7 Å². The first kappa shape index (κ1) is 18.9. The molecular formula is C18H38N2O. The summed E-state index contributed by atoms with van der Waals surface area (Å²) >= 11 is 0. The van der Waals surface area contributed by atoms with Crippen molar-refractivity contribution in [1.82, 2.24) is 10.2 Å². The third-order valence-corrected chi connectivity index (χ3v) is 5.40. The van der Waals surface area contributed by atoms with Gasteiger partial charge in [-0.25, -0.2) is 0 Å². The largest absolute Gasteiger partial charge is 0.380 e. The Morgan fingerprint density at radius 1 is 1.14 bits per heavy atom. The van der Waals surface area contributed by atoms with E-state index in [1.807, 2.05) is 20.9 Å². The van der Waals surface area contributed by atoms with Crippen molar-refractivity contribution < 1.29 is 4.74 Å². The average molecular weight is 299 g/mol. The molecule has 1 spiro atoms. The Morgan fingerprint density at radius 2 is 1.71 bits per heavy atom. The van der Waals surface area contributed by atoms with E-state index in [-0.39, 0.29) is 0 Å². The molecule has 2 aliphatic carbocycles. The van der Waals surface area contributed by atoms with E-state index in [9.17, 15) is 0 Å². The van der Waals surface area contributed by atoms with Crippen molar-refractivity contribution in [3.8, 4) is 0 Å². The van der Waals surface area contributed by atoms with Gasteiger partial charge in [0, 0.05) is 18.0 Å². The zero-order chi connectivity index (χ0) is 15.9. The van der Waals surface area contributed by atoms with Crippen LogP contribution in [0, 0.1) is 10.8 Å². The topological polar surface area (TPSA) is 24.5 Å². The zero-order valence-electron chi connectivity index (χ0n) is 15.3. The maximum absolute atomic E-state index is 5.15. The lowest BCUT2D eigenvalue weighted by Crippen LogP contribution is -2.57. The maximum atomic E-state index is 5.15. The minimum atomic E-state index is 0.633. The molecular weight excluding hydrogens is 260 g/mol. The third kappa shape index (κ3) is 4.94. The van der Waals surface area contributed by atoms with E-state index in [0.717, 1.165) is 19.3 Å². The SMILES string of the molecule is CC.CCC1(CN(C)C)CCC1.CNC1CC2(COC2)C1. The molecule has 0 unspecified atom stereocenters. The molecule has 1 saturated heterocycles. The van der Waals surface area contributed by atoms with Crippen LogP contribution in [-0.2, 0) is 4.74 Å². The van der Waals surface area contributed by atoms with Crippen molar-refractivity contribution in [2.75, 3.05) is 40.9 Å². The highest BCUT2D eigenvalue weighted by Crippen LogP contribution is 2.46. The highest BCUT2D eigenvalue weighted by molar-refractivity contribution is 5.00. The number of nitrogens with one attached hydrogen (secondary N) is 1. The second-order valence-corrected chi connectivity index (χ2v) is 7.33. The number of rotatable bonds is 4. The lowest BCUT2D eigenvalue weighted by molar-refractivity contribution is -0.166. The average Bonchev–Trinajstić information content (AvgIpc) is 2.34. The van der Waals surface area contributed by atoms with Crippen LogP contribution in [0.25, 0.3) is 0 Å². The van der Waals surface area contributed by atoms with Crippen molar-refractivity contribution >= 4 is 0 Å². The van der Waals surface area contributed by atoms with Gasteiger partial charge in [0.05, 0.1) is 13.2 Å². The highest BCUT2D eigenvalue weighted by atomic mass is 16.5. The van der Waals surface area contributed by atoms with Crippen LogP contribution in [0.5, 0.6) is 0 Å². The van der Waals surface area contributed by atoms with Crippen molar-refractivity contribution in [2.24, 2.45) is 10.8 Å². The second kappa shape index (κ2) is 8.50. The van der Waals surface area contributed by atoms with Crippen molar-refractivity contribution in [3.05, 3.63) is 0 Å². The first-order valence-corrected chi connectivity index (χ1v) is 8.93. The lowest BCUT2D eigenvalue weighted by Gasteiger charge is -2.53. The van der Waals surface area contributed by atoms with Gasteiger partial charge >= 0.3 is 0 Å². The van der Waals surface area contributed by atoms with Crippen molar-refractivity contribution in [2.45, 2.75) is 65.3 Å². The zero-order valence-corrected chi connectivity index (χ0v) is 15.3. The first-order valence-electron chi connectivity index (χ1n) is 8.93. The van der Waals surface area contributed by atoms with Gasteiger partial charge in [0.2, 0.25) is 0 Å². The predicted molar refractivity (Wildman–Crippen MR) is 91.8 cm³/mol. The van der Waals surface area contributed by atoms with Gasteiger partial charge in [-0.2, -0.15) is 0 Å². The molecule has 0 atom stereocenters. The molecule has 0 amide bonds.